The highest BCUT2D eigenvalue weighted by Crippen LogP contribution is 2.29. The van der Waals surface area contributed by atoms with Crippen molar-refractivity contribution in [1.29, 1.82) is 0 Å². The van der Waals surface area contributed by atoms with Gasteiger partial charge in [0.1, 0.15) is 10.6 Å². The van der Waals surface area contributed by atoms with Gasteiger partial charge in [-0.15, -0.1) is 0 Å². The summed E-state index contributed by atoms with van der Waals surface area (Å²) in [4.78, 5) is 12.2. The molecule has 156 valence electrons. The number of nitrogens with one attached hydrogen (secondary N) is 1. The molecule has 0 aliphatic carbocycles. The third kappa shape index (κ3) is 5.82. The highest BCUT2D eigenvalue weighted by molar-refractivity contribution is 7.89. The fourth-order valence-corrected chi connectivity index (χ4v) is 5.00. The van der Waals surface area contributed by atoms with Gasteiger partial charge in [-0.2, -0.15) is 4.31 Å². The molecule has 1 aromatic rings. The first-order valence-corrected chi connectivity index (χ1v) is 11.5. The lowest BCUT2D eigenvalue weighted by Crippen LogP contribution is -2.35. The Labute approximate surface area is 169 Å². The van der Waals surface area contributed by atoms with E-state index in [1.165, 1.54) is 17.5 Å². The number of piperidine rings is 1. The van der Waals surface area contributed by atoms with Crippen LogP contribution in [-0.2, 0) is 14.8 Å². The SMILES string of the molecule is CCC(CC)CNC(=O)C=Cc1ccc(OC)c(S(=O)(=O)N2CCCCC2)c1. The van der Waals surface area contributed by atoms with Crippen LogP contribution in [0.25, 0.3) is 6.08 Å². The number of benzene rings is 1. The predicted octanol–water partition coefficient (Wildman–Crippen LogP) is 3.44. The van der Waals surface area contributed by atoms with Crippen LogP contribution >= 0.6 is 0 Å². The fraction of sp³-hybridized carbons (Fsp3) is 0.571. The molecular formula is C21H32N2O4S. The molecule has 1 aromatic carbocycles. The Morgan fingerprint density at radius 1 is 1.21 bits per heavy atom. The van der Waals surface area contributed by atoms with Gasteiger partial charge in [-0.05, 0) is 42.5 Å². The van der Waals surface area contributed by atoms with E-state index in [1.54, 1.807) is 24.3 Å². The predicted molar refractivity (Wildman–Crippen MR) is 112 cm³/mol. The summed E-state index contributed by atoms with van der Waals surface area (Å²) in [6, 6.07) is 4.96. The summed E-state index contributed by atoms with van der Waals surface area (Å²) in [6.45, 7) is 5.93. The van der Waals surface area contributed by atoms with Crippen molar-refractivity contribution >= 4 is 22.0 Å². The van der Waals surface area contributed by atoms with E-state index in [0.29, 0.717) is 36.9 Å². The zero-order valence-electron chi connectivity index (χ0n) is 17.1. The zero-order chi connectivity index (χ0) is 20.6. The molecule has 0 unspecified atom stereocenters. The molecule has 0 radical (unpaired) electrons. The standard InChI is InChI=1S/C21H32N2O4S/c1-4-17(5-2)16-22-21(24)12-10-18-9-11-19(27-3)20(15-18)28(25,26)23-13-7-6-8-14-23/h9-12,15,17H,4-8,13-14,16H2,1-3H3,(H,22,24). The lowest BCUT2D eigenvalue weighted by atomic mass is 10.0. The van der Waals surface area contributed by atoms with Gasteiger partial charge in [-0.1, -0.05) is 39.2 Å². The highest BCUT2D eigenvalue weighted by Gasteiger charge is 2.28. The molecular weight excluding hydrogens is 376 g/mol. The second kappa shape index (κ2) is 10.6. The Hall–Kier alpha value is -1.86. The van der Waals surface area contributed by atoms with Crippen LogP contribution in [0.5, 0.6) is 5.75 Å². The van der Waals surface area contributed by atoms with Crippen LogP contribution in [0.3, 0.4) is 0 Å². The lowest BCUT2D eigenvalue weighted by Gasteiger charge is -2.26. The van der Waals surface area contributed by atoms with Crippen LogP contribution < -0.4 is 10.1 Å². The molecule has 0 spiro atoms. The minimum Gasteiger partial charge on any atom is -0.495 e. The van der Waals surface area contributed by atoms with E-state index in [2.05, 4.69) is 19.2 Å². The normalized spacial score (nSPS) is 15.9. The van der Waals surface area contributed by atoms with Crippen LogP contribution in [0.15, 0.2) is 29.2 Å². The topological polar surface area (TPSA) is 75.7 Å². The molecule has 2 rings (SSSR count). The number of carbonyl (C=O) groups excluding carboxylic acids is 1. The van der Waals surface area contributed by atoms with Crippen molar-refractivity contribution in [2.24, 2.45) is 5.92 Å². The van der Waals surface area contributed by atoms with E-state index < -0.39 is 10.0 Å². The van der Waals surface area contributed by atoms with E-state index in [9.17, 15) is 13.2 Å². The third-order valence-electron chi connectivity index (χ3n) is 5.27. The molecule has 1 amide bonds. The number of carbonyl (C=O) groups is 1. The number of hydrogen-bond acceptors (Lipinski definition) is 4. The molecule has 0 saturated carbocycles. The van der Waals surface area contributed by atoms with Gasteiger partial charge in [0.15, 0.2) is 0 Å². The third-order valence-corrected chi connectivity index (χ3v) is 7.19. The molecule has 0 aromatic heterocycles. The number of ether oxygens (including phenoxy) is 1. The average Bonchev–Trinajstić information content (AvgIpc) is 2.73. The summed E-state index contributed by atoms with van der Waals surface area (Å²) in [5, 5.41) is 2.90. The number of rotatable bonds is 9. The van der Waals surface area contributed by atoms with E-state index in [-0.39, 0.29) is 10.8 Å². The zero-order valence-corrected chi connectivity index (χ0v) is 17.9. The maximum Gasteiger partial charge on any atom is 0.246 e. The van der Waals surface area contributed by atoms with Crippen molar-refractivity contribution in [3.63, 3.8) is 0 Å². The Bertz CT molecular complexity index is 780. The number of sulfonamides is 1. The van der Waals surface area contributed by atoms with Crippen LogP contribution in [0.2, 0.25) is 0 Å². The fourth-order valence-electron chi connectivity index (χ4n) is 3.30. The first kappa shape index (κ1) is 22.4. The van der Waals surface area contributed by atoms with E-state index in [0.717, 1.165) is 32.1 Å². The van der Waals surface area contributed by atoms with Gasteiger partial charge in [0.2, 0.25) is 15.9 Å². The lowest BCUT2D eigenvalue weighted by molar-refractivity contribution is -0.116. The largest absolute Gasteiger partial charge is 0.495 e. The quantitative estimate of drug-likeness (QED) is 0.635. The monoisotopic (exact) mass is 408 g/mol. The van der Waals surface area contributed by atoms with E-state index in [4.69, 9.17) is 4.74 Å². The summed E-state index contributed by atoms with van der Waals surface area (Å²) in [5.41, 5.74) is 0.647. The number of methoxy groups -OCH3 is 1. The average molecular weight is 409 g/mol. The van der Waals surface area contributed by atoms with Gasteiger partial charge < -0.3 is 10.1 Å². The molecule has 1 heterocycles. The summed E-state index contributed by atoms with van der Waals surface area (Å²) in [6.07, 6.45) is 7.93. The number of hydrogen-bond donors (Lipinski definition) is 1. The summed E-state index contributed by atoms with van der Waals surface area (Å²) in [7, 11) is -2.16. The number of nitrogens with zero attached hydrogens (tertiary/aromatic N) is 1. The molecule has 28 heavy (non-hydrogen) atoms. The minimum absolute atomic E-state index is 0.150. The summed E-state index contributed by atoms with van der Waals surface area (Å²) in [5.74, 6) is 0.615. The van der Waals surface area contributed by atoms with Gasteiger partial charge >= 0.3 is 0 Å². The summed E-state index contributed by atoms with van der Waals surface area (Å²) >= 11 is 0. The van der Waals surface area contributed by atoms with Gasteiger partial charge in [-0.25, -0.2) is 8.42 Å². The van der Waals surface area contributed by atoms with Crippen molar-refractivity contribution in [3.8, 4) is 5.75 Å². The van der Waals surface area contributed by atoms with Gasteiger partial charge in [0.25, 0.3) is 0 Å². The Kier molecular flexibility index (Phi) is 8.51. The van der Waals surface area contributed by atoms with Crippen molar-refractivity contribution in [3.05, 3.63) is 29.8 Å². The van der Waals surface area contributed by atoms with Crippen LogP contribution in [0, 0.1) is 5.92 Å². The number of amides is 1. The van der Waals surface area contributed by atoms with Crippen molar-refractivity contribution in [2.75, 3.05) is 26.7 Å². The van der Waals surface area contributed by atoms with Crippen LogP contribution in [0.1, 0.15) is 51.5 Å². The van der Waals surface area contributed by atoms with Crippen molar-refractivity contribution in [1.82, 2.24) is 9.62 Å². The Morgan fingerprint density at radius 3 is 2.50 bits per heavy atom. The molecule has 0 bridgehead atoms. The van der Waals surface area contributed by atoms with Gasteiger partial charge in [-0.3, -0.25) is 4.79 Å². The van der Waals surface area contributed by atoms with Crippen LogP contribution in [-0.4, -0.2) is 45.4 Å². The first-order valence-electron chi connectivity index (χ1n) is 10.1. The molecule has 0 atom stereocenters. The Morgan fingerprint density at radius 2 is 1.89 bits per heavy atom. The first-order chi connectivity index (χ1) is 13.4. The van der Waals surface area contributed by atoms with Gasteiger partial charge in [0.05, 0.1) is 7.11 Å². The van der Waals surface area contributed by atoms with E-state index >= 15 is 0 Å². The second-order valence-electron chi connectivity index (χ2n) is 7.14. The van der Waals surface area contributed by atoms with Crippen molar-refractivity contribution < 1.29 is 17.9 Å². The molecule has 7 heteroatoms. The maximum absolute atomic E-state index is 13.0. The maximum atomic E-state index is 13.0. The highest BCUT2D eigenvalue weighted by atomic mass is 32.2. The van der Waals surface area contributed by atoms with Crippen LogP contribution in [0.4, 0.5) is 0 Å². The minimum atomic E-state index is -3.62. The van der Waals surface area contributed by atoms with Crippen molar-refractivity contribution in [2.45, 2.75) is 50.8 Å². The molecule has 1 saturated heterocycles. The Balaban J connectivity index is 2.16. The second-order valence-corrected chi connectivity index (χ2v) is 9.04. The molecule has 6 nitrogen and oxygen atoms in total. The van der Waals surface area contributed by atoms with E-state index in [1.807, 2.05) is 0 Å². The molecule has 1 aliphatic heterocycles. The molecule has 1 aliphatic rings. The molecule has 1 N–H and O–H groups in total. The van der Waals surface area contributed by atoms with Gasteiger partial charge in [0, 0.05) is 25.7 Å². The molecule has 1 fully saturated rings. The summed E-state index contributed by atoms with van der Waals surface area (Å²) < 4.78 is 32.9. The smallest absolute Gasteiger partial charge is 0.246 e.